The van der Waals surface area contributed by atoms with E-state index in [0.29, 0.717) is 6.42 Å². The summed E-state index contributed by atoms with van der Waals surface area (Å²) in [4.78, 5) is 10.8. The maximum atomic E-state index is 12.5. The van der Waals surface area contributed by atoms with Gasteiger partial charge in [-0.3, -0.25) is 4.79 Å². The molecule has 2 saturated carbocycles. The van der Waals surface area contributed by atoms with Crippen molar-refractivity contribution >= 4 is 5.97 Å². The van der Waals surface area contributed by atoms with E-state index in [1.165, 1.54) is 0 Å². The molecular weight excluding hydrogens is 178 g/mol. The zero-order chi connectivity index (χ0) is 9.59. The molecule has 0 unspecified atom stereocenters. The Hall–Kier alpha value is -0.670. The van der Waals surface area contributed by atoms with Gasteiger partial charge >= 0.3 is 5.97 Å². The molecule has 2 aliphatic rings. The fraction of sp³-hybridized carbons (Fsp3) is 0.889. The number of fused-ring (bicyclic) bond motifs is 2. The van der Waals surface area contributed by atoms with Crippen molar-refractivity contribution in [1.82, 2.24) is 0 Å². The van der Waals surface area contributed by atoms with E-state index in [1.807, 2.05) is 0 Å². The molecule has 0 amide bonds. The van der Waals surface area contributed by atoms with Gasteiger partial charge in [-0.1, -0.05) is 0 Å². The predicted molar refractivity (Wildman–Crippen MR) is 41.5 cm³/mol. The minimum atomic E-state index is -2.46. The van der Waals surface area contributed by atoms with Gasteiger partial charge in [0.25, 0.3) is 0 Å². The minimum absolute atomic E-state index is 0.0153. The lowest BCUT2D eigenvalue weighted by Crippen LogP contribution is -2.33. The van der Waals surface area contributed by atoms with Gasteiger partial charge in [-0.25, -0.2) is 8.78 Å². The third kappa shape index (κ3) is 1.23. The number of alkyl halides is 2. The van der Waals surface area contributed by atoms with Gasteiger partial charge in [-0.15, -0.1) is 0 Å². The zero-order valence-electron chi connectivity index (χ0n) is 7.12. The smallest absolute Gasteiger partial charge is 0.307 e. The highest BCUT2D eigenvalue weighted by Gasteiger charge is 2.54. The Bertz CT molecular complexity index is 230. The Morgan fingerprint density at radius 1 is 1.31 bits per heavy atom. The van der Waals surface area contributed by atoms with Crippen molar-refractivity contribution in [2.45, 2.75) is 25.7 Å². The molecule has 0 saturated heterocycles. The molecule has 74 valence electrons. The molecule has 0 aromatic heterocycles. The maximum absolute atomic E-state index is 12.5. The average molecular weight is 190 g/mol. The summed E-state index contributed by atoms with van der Waals surface area (Å²) in [6, 6.07) is 0. The van der Waals surface area contributed by atoms with E-state index >= 15 is 0 Å². The Kier molecular flexibility index (Phi) is 2.00. The summed E-state index contributed by atoms with van der Waals surface area (Å²) in [5.41, 5.74) is 0. The second-order valence-electron chi connectivity index (χ2n) is 4.11. The number of aliphatic carboxylic acids is 1. The van der Waals surface area contributed by atoms with Crippen molar-refractivity contribution in [2.75, 3.05) is 0 Å². The number of hydrogen-bond donors (Lipinski definition) is 1. The molecule has 1 N–H and O–H groups in total. The van der Waals surface area contributed by atoms with Crippen LogP contribution in [-0.4, -0.2) is 17.5 Å². The molecule has 4 atom stereocenters. The lowest BCUT2D eigenvalue weighted by molar-refractivity contribution is -0.148. The van der Waals surface area contributed by atoms with Gasteiger partial charge < -0.3 is 5.11 Å². The zero-order valence-corrected chi connectivity index (χ0v) is 7.12. The third-order valence-corrected chi connectivity index (χ3v) is 3.56. The minimum Gasteiger partial charge on any atom is -0.481 e. The molecule has 2 fully saturated rings. The quantitative estimate of drug-likeness (QED) is 0.723. The van der Waals surface area contributed by atoms with Crippen LogP contribution in [0.3, 0.4) is 0 Å². The second-order valence-corrected chi connectivity index (χ2v) is 4.11. The summed E-state index contributed by atoms with van der Waals surface area (Å²) in [6.45, 7) is 0. The summed E-state index contributed by atoms with van der Waals surface area (Å²) in [7, 11) is 0. The first-order valence-corrected chi connectivity index (χ1v) is 4.62. The van der Waals surface area contributed by atoms with E-state index in [4.69, 9.17) is 5.11 Å². The topological polar surface area (TPSA) is 37.3 Å². The molecule has 0 radical (unpaired) electrons. The highest BCUT2D eigenvalue weighted by atomic mass is 19.3. The Morgan fingerprint density at radius 3 is 2.38 bits per heavy atom. The van der Waals surface area contributed by atoms with E-state index in [1.54, 1.807) is 0 Å². The van der Waals surface area contributed by atoms with Crippen LogP contribution in [0.25, 0.3) is 0 Å². The third-order valence-electron chi connectivity index (χ3n) is 3.56. The second kappa shape index (κ2) is 2.93. The van der Waals surface area contributed by atoms with E-state index in [0.717, 1.165) is 12.8 Å². The molecule has 2 rings (SSSR count). The number of hydrogen-bond acceptors (Lipinski definition) is 1. The fourth-order valence-electron chi connectivity index (χ4n) is 3.06. The van der Waals surface area contributed by atoms with Crippen LogP contribution in [0.5, 0.6) is 0 Å². The Labute approximate surface area is 74.9 Å². The summed E-state index contributed by atoms with van der Waals surface area (Å²) in [6.07, 6.45) is -0.142. The lowest BCUT2D eigenvalue weighted by atomic mass is 9.79. The molecular formula is C9H12F2O2. The summed E-state index contributed by atoms with van der Waals surface area (Å²) >= 11 is 0. The predicted octanol–water partition coefficient (Wildman–Crippen LogP) is 2.00. The van der Waals surface area contributed by atoms with E-state index in [9.17, 15) is 13.6 Å². The SMILES string of the molecule is O=C(O)[C@@H]1[C@@H]2CC[C@@H](C2)[C@H]1C(F)F. The van der Waals surface area contributed by atoms with Crippen LogP contribution >= 0.6 is 0 Å². The van der Waals surface area contributed by atoms with Gasteiger partial charge in [0.1, 0.15) is 0 Å². The Balaban J connectivity index is 2.20. The van der Waals surface area contributed by atoms with Crippen molar-refractivity contribution in [3.8, 4) is 0 Å². The van der Waals surface area contributed by atoms with Crippen LogP contribution in [0, 0.1) is 23.7 Å². The van der Waals surface area contributed by atoms with Crippen LogP contribution in [0.1, 0.15) is 19.3 Å². The number of rotatable bonds is 2. The van der Waals surface area contributed by atoms with Crippen LogP contribution in [0.2, 0.25) is 0 Å². The van der Waals surface area contributed by atoms with Crippen molar-refractivity contribution in [2.24, 2.45) is 23.7 Å². The van der Waals surface area contributed by atoms with Crippen LogP contribution < -0.4 is 0 Å². The number of carboxylic acid groups (broad SMARTS) is 1. The first-order valence-electron chi connectivity index (χ1n) is 4.62. The molecule has 2 nitrogen and oxygen atoms in total. The van der Waals surface area contributed by atoms with Gasteiger partial charge in [0, 0.05) is 5.92 Å². The van der Waals surface area contributed by atoms with Gasteiger partial charge in [-0.05, 0) is 31.1 Å². The molecule has 2 aliphatic carbocycles. The number of halogens is 2. The molecule has 13 heavy (non-hydrogen) atoms. The van der Waals surface area contributed by atoms with Crippen LogP contribution in [0.4, 0.5) is 8.78 Å². The van der Waals surface area contributed by atoms with Gasteiger partial charge in [-0.2, -0.15) is 0 Å². The van der Waals surface area contributed by atoms with E-state index < -0.39 is 24.2 Å². The van der Waals surface area contributed by atoms with Crippen molar-refractivity contribution in [1.29, 1.82) is 0 Å². The standard InChI is InChI=1S/C9H12F2O2/c10-8(11)6-4-1-2-5(3-4)7(6)9(12)13/h4-8H,1-3H2,(H,12,13)/t4-,5+,6+,7+/m0/s1. The van der Waals surface area contributed by atoms with Gasteiger partial charge in [0.2, 0.25) is 6.43 Å². The van der Waals surface area contributed by atoms with Crippen molar-refractivity contribution < 1.29 is 18.7 Å². The molecule has 0 aliphatic heterocycles. The molecule has 0 aromatic carbocycles. The van der Waals surface area contributed by atoms with Gasteiger partial charge in [0.05, 0.1) is 5.92 Å². The molecule has 0 heterocycles. The fourth-order valence-corrected chi connectivity index (χ4v) is 3.06. The normalized spacial score (nSPS) is 43.0. The maximum Gasteiger partial charge on any atom is 0.307 e. The van der Waals surface area contributed by atoms with Crippen molar-refractivity contribution in [3.63, 3.8) is 0 Å². The first-order chi connectivity index (χ1) is 6.11. The van der Waals surface area contributed by atoms with Crippen molar-refractivity contribution in [3.05, 3.63) is 0 Å². The Morgan fingerprint density at radius 2 is 1.92 bits per heavy atom. The van der Waals surface area contributed by atoms with E-state index in [2.05, 4.69) is 0 Å². The molecule has 0 aromatic rings. The van der Waals surface area contributed by atoms with Crippen LogP contribution in [0.15, 0.2) is 0 Å². The molecule has 4 heteroatoms. The number of carbonyl (C=O) groups is 1. The lowest BCUT2D eigenvalue weighted by Gasteiger charge is -2.26. The largest absolute Gasteiger partial charge is 0.481 e. The average Bonchev–Trinajstić information content (AvgIpc) is 2.60. The highest BCUT2D eigenvalue weighted by molar-refractivity contribution is 5.71. The monoisotopic (exact) mass is 190 g/mol. The van der Waals surface area contributed by atoms with E-state index in [-0.39, 0.29) is 11.8 Å². The molecule has 2 bridgehead atoms. The molecule has 0 spiro atoms. The highest BCUT2D eigenvalue weighted by Crippen LogP contribution is 2.54. The summed E-state index contributed by atoms with van der Waals surface area (Å²) in [5.74, 6) is -2.71. The van der Waals surface area contributed by atoms with Gasteiger partial charge in [0.15, 0.2) is 0 Å². The number of carboxylic acids is 1. The first kappa shape index (κ1) is 8.91. The van der Waals surface area contributed by atoms with Crippen LogP contribution in [-0.2, 0) is 4.79 Å². The summed E-state index contributed by atoms with van der Waals surface area (Å²) < 4.78 is 25.1. The summed E-state index contributed by atoms with van der Waals surface area (Å²) in [5, 5.41) is 8.82.